The van der Waals surface area contributed by atoms with Gasteiger partial charge < -0.3 is 5.48 Å². The van der Waals surface area contributed by atoms with E-state index in [0.29, 0.717) is 24.7 Å². The first-order valence-electron chi connectivity index (χ1n) is 11.5. The summed E-state index contributed by atoms with van der Waals surface area (Å²) in [6, 6.07) is 0. The van der Waals surface area contributed by atoms with Crippen LogP contribution in [0.15, 0.2) is 24.3 Å². The molecule has 3 aliphatic carbocycles. The van der Waals surface area contributed by atoms with Crippen molar-refractivity contribution in [3.63, 3.8) is 0 Å². The highest BCUT2D eigenvalue weighted by Crippen LogP contribution is 2.42. The van der Waals surface area contributed by atoms with Crippen LogP contribution in [0, 0.1) is 29.6 Å². The maximum Gasteiger partial charge on any atom is 0.522 e. The van der Waals surface area contributed by atoms with E-state index in [1.54, 1.807) is 0 Å². The molecule has 2 N–H and O–H groups in total. The number of hydrogen-bond donors (Lipinski definition) is 0. The molecule has 5 heteroatoms. The van der Waals surface area contributed by atoms with Crippen LogP contribution in [0.25, 0.3) is 0 Å². The molecule has 29 heavy (non-hydrogen) atoms. The summed E-state index contributed by atoms with van der Waals surface area (Å²) in [4.78, 5) is 0. The lowest BCUT2D eigenvalue weighted by atomic mass is 9.70. The average molecular weight is 421 g/mol. The molecule has 0 spiro atoms. The van der Waals surface area contributed by atoms with Crippen LogP contribution in [-0.4, -0.2) is 17.9 Å². The van der Waals surface area contributed by atoms with Crippen LogP contribution in [0.1, 0.15) is 86.8 Å². The fourth-order valence-corrected chi connectivity index (χ4v) is 5.79. The summed E-state index contributed by atoms with van der Waals surface area (Å²) in [7, 11) is 0. The zero-order chi connectivity index (χ0) is 20.0. The van der Waals surface area contributed by atoms with Gasteiger partial charge in [0.05, 0.1) is 6.10 Å². The van der Waals surface area contributed by atoms with Crippen molar-refractivity contribution in [3.8, 4) is 0 Å². The molecule has 0 heterocycles. The molecule has 0 amide bonds. The molecule has 0 unspecified atom stereocenters. The highest BCUT2D eigenvalue weighted by atomic mass is 19.4. The molecule has 0 bridgehead atoms. The summed E-state index contributed by atoms with van der Waals surface area (Å²) in [5.41, 5.74) is 0. The van der Waals surface area contributed by atoms with E-state index >= 15 is 0 Å². The Hall–Kier alpha value is -0.810. The molecule has 0 radical (unpaired) electrons. The zero-order valence-corrected chi connectivity index (χ0v) is 17.8. The minimum Gasteiger partial charge on any atom is -0.412 e. The maximum atomic E-state index is 12.4. The van der Waals surface area contributed by atoms with Crippen LogP contribution in [-0.2, 0) is 4.74 Å². The fourth-order valence-electron chi connectivity index (χ4n) is 5.79. The van der Waals surface area contributed by atoms with E-state index in [4.69, 9.17) is 0 Å². The van der Waals surface area contributed by atoms with Gasteiger partial charge >= 0.3 is 6.36 Å². The SMILES string of the molecule is C/C=C/C1CCC(/C=C/C2CCC(C3CCC(OC(F)(F)F)CC3)CC2)CC1.O.[HH].[HH]. The highest BCUT2D eigenvalue weighted by Gasteiger charge is 2.37. The van der Waals surface area contributed by atoms with Gasteiger partial charge in [0.2, 0.25) is 0 Å². The topological polar surface area (TPSA) is 40.7 Å². The number of halogens is 3. The van der Waals surface area contributed by atoms with Gasteiger partial charge in [-0.15, -0.1) is 13.2 Å². The quantitative estimate of drug-likeness (QED) is 0.425. The van der Waals surface area contributed by atoms with Crippen LogP contribution in [0.4, 0.5) is 13.2 Å². The van der Waals surface area contributed by atoms with Crippen molar-refractivity contribution in [1.82, 2.24) is 0 Å². The lowest BCUT2D eigenvalue weighted by Crippen LogP contribution is -2.31. The molecule has 3 fully saturated rings. The Balaban J connectivity index is 0.00000300. The first-order chi connectivity index (χ1) is 13.4. The number of hydrogen-bond acceptors (Lipinski definition) is 1. The van der Waals surface area contributed by atoms with Gasteiger partial charge in [-0.1, -0.05) is 24.3 Å². The molecular weight excluding hydrogens is 377 g/mol. The maximum absolute atomic E-state index is 12.4. The molecule has 0 saturated heterocycles. The normalized spacial score (nSPS) is 37.0. The van der Waals surface area contributed by atoms with Crippen LogP contribution in [0.5, 0.6) is 0 Å². The summed E-state index contributed by atoms with van der Waals surface area (Å²) in [6.07, 6.45) is 17.7. The summed E-state index contributed by atoms with van der Waals surface area (Å²) >= 11 is 0. The summed E-state index contributed by atoms with van der Waals surface area (Å²) in [5.74, 6) is 3.60. The van der Waals surface area contributed by atoms with E-state index in [1.165, 1.54) is 51.4 Å². The van der Waals surface area contributed by atoms with Gasteiger partial charge in [0.25, 0.3) is 0 Å². The summed E-state index contributed by atoms with van der Waals surface area (Å²) < 4.78 is 41.3. The van der Waals surface area contributed by atoms with Gasteiger partial charge in [-0.05, 0) is 114 Å². The third-order valence-electron chi connectivity index (χ3n) is 7.44. The van der Waals surface area contributed by atoms with Crippen LogP contribution in [0.2, 0.25) is 0 Å². The van der Waals surface area contributed by atoms with Gasteiger partial charge in [0, 0.05) is 2.85 Å². The second kappa shape index (κ2) is 11.5. The van der Waals surface area contributed by atoms with Crippen molar-refractivity contribution in [2.24, 2.45) is 29.6 Å². The Morgan fingerprint density at radius 2 is 1.03 bits per heavy atom. The number of ether oxygens (including phenoxy) is 1. The van der Waals surface area contributed by atoms with Crippen LogP contribution in [0.3, 0.4) is 0 Å². The van der Waals surface area contributed by atoms with Crippen molar-refractivity contribution >= 4 is 0 Å². The average Bonchev–Trinajstić information content (AvgIpc) is 2.68. The summed E-state index contributed by atoms with van der Waals surface area (Å²) in [5, 5.41) is 0. The van der Waals surface area contributed by atoms with Crippen molar-refractivity contribution in [1.29, 1.82) is 0 Å². The van der Waals surface area contributed by atoms with E-state index in [-0.39, 0.29) is 8.33 Å². The first-order valence-corrected chi connectivity index (χ1v) is 11.5. The highest BCUT2D eigenvalue weighted by molar-refractivity contribution is 4.98. The standard InChI is InChI=1S/C24H37F3O.H2O.2H2/c1-2-3-18-4-6-19(7-5-18)8-9-20-10-12-21(13-11-20)22-14-16-23(17-15-22)28-24(25,26)27;;;/h2-3,8-9,18-23H,4-7,10-17H2,1H3;1H2;2*1H/b3-2+,9-8+;;;. The van der Waals surface area contributed by atoms with Gasteiger partial charge in [0.1, 0.15) is 0 Å². The molecule has 2 nitrogen and oxygen atoms in total. The zero-order valence-electron chi connectivity index (χ0n) is 17.8. The van der Waals surface area contributed by atoms with Crippen LogP contribution >= 0.6 is 0 Å². The molecule has 0 aromatic heterocycles. The predicted molar refractivity (Wildman–Crippen MR) is 116 cm³/mol. The minimum atomic E-state index is -4.48. The molecular formula is C24H43F3O2. The first kappa shape index (κ1) is 24.5. The second-order valence-corrected chi connectivity index (χ2v) is 9.36. The number of allylic oxidation sites excluding steroid dienone is 4. The Kier molecular flexibility index (Phi) is 9.74. The van der Waals surface area contributed by atoms with E-state index < -0.39 is 12.5 Å². The van der Waals surface area contributed by atoms with Gasteiger partial charge in [0.15, 0.2) is 0 Å². The molecule has 3 rings (SSSR count). The third-order valence-corrected chi connectivity index (χ3v) is 7.44. The van der Waals surface area contributed by atoms with E-state index in [0.717, 1.165) is 30.6 Å². The second-order valence-electron chi connectivity index (χ2n) is 9.36. The molecule has 3 aliphatic rings. The minimum absolute atomic E-state index is 0. The predicted octanol–water partition coefficient (Wildman–Crippen LogP) is 7.49. The van der Waals surface area contributed by atoms with Crippen molar-refractivity contribution < 1.29 is 26.2 Å². The number of alkyl halides is 3. The van der Waals surface area contributed by atoms with Crippen molar-refractivity contribution in [3.05, 3.63) is 24.3 Å². The Morgan fingerprint density at radius 1 is 0.655 bits per heavy atom. The Labute approximate surface area is 177 Å². The third kappa shape index (κ3) is 8.09. The summed E-state index contributed by atoms with van der Waals surface area (Å²) in [6.45, 7) is 2.12. The molecule has 172 valence electrons. The van der Waals surface area contributed by atoms with Gasteiger partial charge in [-0.25, -0.2) is 0 Å². The molecule has 3 saturated carbocycles. The lowest BCUT2D eigenvalue weighted by Gasteiger charge is -2.37. The van der Waals surface area contributed by atoms with Crippen molar-refractivity contribution in [2.75, 3.05) is 0 Å². The van der Waals surface area contributed by atoms with E-state index in [1.807, 2.05) is 0 Å². The molecule has 0 aliphatic heterocycles. The van der Waals surface area contributed by atoms with E-state index in [9.17, 15) is 13.2 Å². The van der Waals surface area contributed by atoms with Crippen molar-refractivity contribution in [2.45, 2.75) is 96.4 Å². The monoisotopic (exact) mass is 420 g/mol. The van der Waals surface area contributed by atoms with E-state index in [2.05, 4.69) is 36.0 Å². The largest absolute Gasteiger partial charge is 0.522 e. The van der Waals surface area contributed by atoms with Crippen LogP contribution < -0.4 is 0 Å². The van der Waals surface area contributed by atoms with Gasteiger partial charge in [-0.2, -0.15) is 0 Å². The Morgan fingerprint density at radius 3 is 1.45 bits per heavy atom. The molecule has 0 aromatic rings. The fraction of sp³-hybridized carbons (Fsp3) is 0.833. The number of rotatable bonds is 5. The molecule has 0 aromatic carbocycles. The Bertz CT molecular complexity index is 515. The lowest BCUT2D eigenvalue weighted by molar-refractivity contribution is -0.346. The molecule has 0 atom stereocenters. The smallest absolute Gasteiger partial charge is 0.412 e. The van der Waals surface area contributed by atoms with Gasteiger partial charge in [-0.3, -0.25) is 4.74 Å².